The van der Waals surface area contributed by atoms with Crippen LogP contribution in [0.2, 0.25) is 0 Å². The van der Waals surface area contributed by atoms with E-state index in [0.29, 0.717) is 12.8 Å². The summed E-state index contributed by atoms with van der Waals surface area (Å²) in [4.78, 5) is 60.3. The summed E-state index contributed by atoms with van der Waals surface area (Å²) in [6.45, 7) is 11.0. The van der Waals surface area contributed by atoms with Gasteiger partial charge in [-0.1, -0.05) is 41.5 Å². The maximum absolute atomic E-state index is 13.0. The van der Waals surface area contributed by atoms with E-state index in [4.69, 9.17) is 10.8 Å². The Bertz CT molecular complexity index is 694. The Balaban J connectivity index is 5.41. The molecule has 0 aromatic carbocycles. The van der Waals surface area contributed by atoms with Crippen LogP contribution in [-0.4, -0.2) is 64.0 Å². The minimum Gasteiger partial charge on any atom is -0.481 e. The standard InChI is InChI=1S/C22H40N4O7/c1-11(2)9-14(23)19(29)25-16(10-12(3)4)20(30)26-18(13(5)6)21(31)24-15(22(32)33)7-8-17(27)28/h11-16,18H,7-10,23H2,1-6H3,(H,24,31)(H,25,29)(H,26,30)(H,27,28)(H,32,33). The molecule has 0 saturated heterocycles. The van der Waals surface area contributed by atoms with Crippen LogP contribution in [0.15, 0.2) is 0 Å². The van der Waals surface area contributed by atoms with E-state index in [9.17, 15) is 29.1 Å². The summed E-state index contributed by atoms with van der Waals surface area (Å²) in [5.74, 6) is -4.50. The molecule has 0 fully saturated rings. The quantitative estimate of drug-likeness (QED) is 0.198. The van der Waals surface area contributed by atoms with Crippen molar-refractivity contribution in [2.24, 2.45) is 23.5 Å². The number of carboxylic acid groups (broad SMARTS) is 2. The maximum Gasteiger partial charge on any atom is 0.326 e. The van der Waals surface area contributed by atoms with Crippen molar-refractivity contribution in [3.8, 4) is 0 Å². The van der Waals surface area contributed by atoms with Gasteiger partial charge in [-0.25, -0.2) is 4.79 Å². The van der Waals surface area contributed by atoms with Crippen LogP contribution >= 0.6 is 0 Å². The number of carboxylic acids is 2. The van der Waals surface area contributed by atoms with Gasteiger partial charge in [-0.15, -0.1) is 0 Å². The lowest BCUT2D eigenvalue weighted by atomic mass is 9.98. The normalized spacial score (nSPS) is 15.0. The van der Waals surface area contributed by atoms with Crippen LogP contribution in [0.5, 0.6) is 0 Å². The summed E-state index contributed by atoms with van der Waals surface area (Å²) >= 11 is 0. The molecule has 0 spiro atoms. The topological polar surface area (TPSA) is 188 Å². The van der Waals surface area contributed by atoms with Crippen LogP contribution < -0.4 is 21.7 Å². The fourth-order valence-electron chi connectivity index (χ4n) is 3.17. The number of nitrogens with one attached hydrogen (secondary N) is 3. The first-order chi connectivity index (χ1) is 15.1. The summed E-state index contributed by atoms with van der Waals surface area (Å²) in [5.41, 5.74) is 5.92. The van der Waals surface area contributed by atoms with E-state index in [-0.39, 0.29) is 18.3 Å². The third kappa shape index (κ3) is 12.2. The third-order valence-corrected chi connectivity index (χ3v) is 4.91. The fourth-order valence-corrected chi connectivity index (χ4v) is 3.17. The summed E-state index contributed by atoms with van der Waals surface area (Å²) in [6, 6.07) is -4.19. The molecule has 0 radical (unpaired) electrons. The molecule has 0 aromatic rings. The highest BCUT2D eigenvalue weighted by atomic mass is 16.4. The molecule has 0 bridgehead atoms. The van der Waals surface area contributed by atoms with Crippen LogP contribution in [0.3, 0.4) is 0 Å². The Morgan fingerprint density at radius 3 is 1.67 bits per heavy atom. The summed E-state index contributed by atoms with van der Waals surface area (Å²) in [7, 11) is 0. The molecule has 11 heteroatoms. The predicted octanol–water partition coefficient (Wildman–Crippen LogP) is 0.466. The monoisotopic (exact) mass is 472 g/mol. The molecule has 0 saturated carbocycles. The molecular weight excluding hydrogens is 432 g/mol. The van der Waals surface area contributed by atoms with Crippen molar-refractivity contribution in [2.75, 3.05) is 0 Å². The third-order valence-electron chi connectivity index (χ3n) is 4.91. The van der Waals surface area contributed by atoms with E-state index >= 15 is 0 Å². The number of hydrogen-bond acceptors (Lipinski definition) is 6. The average Bonchev–Trinajstić information content (AvgIpc) is 2.66. The van der Waals surface area contributed by atoms with Gasteiger partial charge in [0.05, 0.1) is 6.04 Å². The highest BCUT2D eigenvalue weighted by molar-refractivity contribution is 5.94. The molecule has 7 N–H and O–H groups in total. The molecule has 0 heterocycles. The lowest BCUT2D eigenvalue weighted by Gasteiger charge is -2.27. The van der Waals surface area contributed by atoms with Crippen LogP contribution in [0.1, 0.15) is 67.2 Å². The van der Waals surface area contributed by atoms with Crippen molar-refractivity contribution >= 4 is 29.7 Å². The van der Waals surface area contributed by atoms with Crippen molar-refractivity contribution < 1.29 is 34.2 Å². The Labute approximate surface area is 195 Å². The molecule has 33 heavy (non-hydrogen) atoms. The predicted molar refractivity (Wildman–Crippen MR) is 122 cm³/mol. The molecule has 0 rings (SSSR count). The largest absolute Gasteiger partial charge is 0.481 e. The SMILES string of the molecule is CC(C)CC(N)C(=O)NC(CC(C)C)C(=O)NC(C(=O)NC(CCC(=O)O)C(=O)O)C(C)C. The molecule has 4 atom stereocenters. The van der Waals surface area contributed by atoms with E-state index < -0.39 is 66.2 Å². The Hall–Kier alpha value is -2.69. The van der Waals surface area contributed by atoms with Gasteiger partial charge in [0.2, 0.25) is 17.7 Å². The van der Waals surface area contributed by atoms with E-state index in [1.54, 1.807) is 13.8 Å². The number of amides is 3. The Morgan fingerprint density at radius 2 is 1.24 bits per heavy atom. The summed E-state index contributed by atoms with van der Waals surface area (Å²) < 4.78 is 0. The van der Waals surface area contributed by atoms with Crippen molar-refractivity contribution in [1.82, 2.24) is 16.0 Å². The first-order valence-electron chi connectivity index (χ1n) is 11.3. The summed E-state index contributed by atoms with van der Waals surface area (Å²) in [5, 5.41) is 25.6. The van der Waals surface area contributed by atoms with Crippen molar-refractivity contribution in [3.63, 3.8) is 0 Å². The van der Waals surface area contributed by atoms with Gasteiger partial charge >= 0.3 is 11.9 Å². The number of nitrogens with two attached hydrogens (primary N) is 1. The average molecular weight is 473 g/mol. The van der Waals surface area contributed by atoms with Crippen LogP contribution in [0.4, 0.5) is 0 Å². The minimum atomic E-state index is -1.41. The van der Waals surface area contributed by atoms with Crippen LogP contribution in [0, 0.1) is 17.8 Å². The molecule has 0 aliphatic carbocycles. The van der Waals surface area contributed by atoms with Crippen LogP contribution in [0.25, 0.3) is 0 Å². The number of hydrogen-bond donors (Lipinski definition) is 6. The van der Waals surface area contributed by atoms with Gasteiger partial charge in [0, 0.05) is 6.42 Å². The lowest BCUT2D eigenvalue weighted by Crippen LogP contribution is -2.58. The van der Waals surface area contributed by atoms with Gasteiger partial charge in [-0.2, -0.15) is 0 Å². The number of aliphatic carboxylic acids is 2. The number of carbonyl (C=O) groups excluding carboxylic acids is 3. The van der Waals surface area contributed by atoms with Gasteiger partial charge in [0.15, 0.2) is 0 Å². The number of carbonyl (C=O) groups is 5. The second-order valence-corrected chi connectivity index (χ2v) is 9.49. The van der Waals surface area contributed by atoms with Gasteiger partial charge < -0.3 is 31.9 Å². The zero-order chi connectivity index (χ0) is 25.9. The second kappa shape index (κ2) is 14.5. The van der Waals surface area contributed by atoms with Gasteiger partial charge in [0.1, 0.15) is 18.1 Å². The molecule has 11 nitrogen and oxygen atoms in total. The lowest BCUT2D eigenvalue weighted by molar-refractivity contribution is -0.143. The van der Waals surface area contributed by atoms with Gasteiger partial charge in [0.25, 0.3) is 0 Å². The molecular formula is C22H40N4O7. The molecule has 4 unspecified atom stereocenters. The highest BCUT2D eigenvalue weighted by Gasteiger charge is 2.32. The second-order valence-electron chi connectivity index (χ2n) is 9.49. The molecule has 0 aliphatic rings. The van der Waals surface area contributed by atoms with Crippen molar-refractivity contribution in [2.45, 2.75) is 91.4 Å². The first kappa shape index (κ1) is 30.3. The van der Waals surface area contributed by atoms with Crippen molar-refractivity contribution in [3.05, 3.63) is 0 Å². The Kier molecular flexibility index (Phi) is 13.3. The minimum absolute atomic E-state index is 0.0566. The first-order valence-corrected chi connectivity index (χ1v) is 11.3. The van der Waals surface area contributed by atoms with E-state index in [1.165, 1.54) is 0 Å². The zero-order valence-corrected chi connectivity index (χ0v) is 20.4. The zero-order valence-electron chi connectivity index (χ0n) is 20.4. The van der Waals surface area contributed by atoms with E-state index in [0.717, 1.165) is 0 Å². The van der Waals surface area contributed by atoms with Gasteiger partial charge in [-0.3, -0.25) is 19.2 Å². The van der Waals surface area contributed by atoms with E-state index in [1.807, 2.05) is 27.7 Å². The summed E-state index contributed by atoms with van der Waals surface area (Å²) in [6.07, 6.45) is 0.0323. The van der Waals surface area contributed by atoms with Crippen molar-refractivity contribution in [1.29, 1.82) is 0 Å². The smallest absolute Gasteiger partial charge is 0.326 e. The van der Waals surface area contributed by atoms with E-state index in [2.05, 4.69) is 16.0 Å². The maximum atomic E-state index is 13.0. The number of rotatable bonds is 15. The molecule has 3 amide bonds. The van der Waals surface area contributed by atoms with Crippen LogP contribution in [-0.2, 0) is 24.0 Å². The molecule has 190 valence electrons. The van der Waals surface area contributed by atoms with Gasteiger partial charge in [-0.05, 0) is 37.0 Å². The fraction of sp³-hybridized carbons (Fsp3) is 0.773. The molecule has 0 aromatic heterocycles. The Morgan fingerprint density at radius 1 is 0.727 bits per heavy atom. The molecule has 0 aliphatic heterocycles. The highest BCUT2D eigenvalue weighted by Crippen LogP contribution is 2.10.